The van der Waals surface area contributed by atoms with Crippen molar-refractivity contribution < 1.29 is 14.6 Å². The van der Waals surface area contributed by atoms with Gasteiger partial charge in [-0.1, -0.05) is 6.07 Å². The van der Waals surface area contributed by atoms with Crippen LogP contribution in [0.2, 0.25) is 0 Å². The number of nitrogens with one attached hydrogen (secondary N) is 1. The number of aliphatic hydroxyl groups is 1. The first-order valence-corrected chi connectivity index (χ1v) is 6.90. The van der Waals surface area contributed by atoms with Crippen LogP contribution in [0.25, 0.3) is 0 Å². The number of carbonyl (C=O) groups is 1. The first kappa shape index (κ1) is 14.7. The number of hydrogen-bond acceptors (Lipinski definition) is 5. The van der Waals surface area contributed by atoms with E-state index in [0.717, 1.165) is 6.54 Å². The molecule has 0 aromatic carbocycles. The number of hydrogen-bond donors (Lipinski definition) is 2. The van der Waals surface area contributed by atoms with Gasteiger partial charge >= 0.3 is 0 Å². The molecule has 1 aromatic rings. The highest BCUT2D eigenvalue weighted by atomic mass is 16.5. The van der Waals surface area contributed by atoms with E-state index < -0.39 is 0 Å². The van der Waals surface area contributed by atoms with Gasteiger partial charge in [0.05, 0.1) is 18.8 Å². The van der Waals surface area contributed by atoms with Crippen LogP contribution in [0.3, 0.4) is 0 Å². The van der Waals surface area contributed by atoms with Gasteiger partial charge in [0.25, 0.3) is 5.91 Å². The maximum Gasteiger partial charge on any atom is 0.272 e. The van der Waals surface area contributed by atoms with E-state index in [1.807, 2.05) is 26.0 Å². The van der Waals surface area contributed by atoms with Crippen molar-refractivity contribution in [1.82, 2.24) is 9.88 Å². The zero-order chi connectivity index (χ0) is 14.5. The number of anilines is 1. The molecule has 1 aliphatic rings. The number of amides is 1. The molecule has 2 unspecified atom stereocenters. The SMILES string of the molecule is CCNc1cccc(C(=O)N2CC(C)OC(CO)C2)n1. The minimum atomic E-state index is -0.320. The Labute approximate surface area is 118 Å². The molecule has 2 atom stereocenters. The van der Waals surface area contributed by atoms with Gasteiger partial charge in [0, 0.05) is 19.6 Å². The van der Waals surface area contributed by atoms with Crippen LogP contribution in [0.1, 0.15) is 24.3 Å². The van der Waals surface area contributed by atoms with Crippen LogP contribution >= 0.6 is 0 Å². The van der Waals surface area contributed by atoms with Gasteiger partial charge < -0.3 is 20.1 Å². The molecule has 1 fully saturated rings. The topological polar surface area (TPSA) is 74.7 Å². The third-order valence-electron chi connectivity index (χ3n) is 3.14. The molecular formula is C14H21N3O3. The Morgan fingerprint density at radius 1 is 1.55 bits per heavy atom. The minimum absolute atomic E-state index is 0.0817. The summed E-state index contributed by atoms with van der Waals surface area (Å²) in [4.78, 5) is 18.5. The van der Waals surface area contributed by atoms with E-state index in [2.05, 4.69) is 10.3 Å². The molecule has 0 saturated carbocycles. The van der Waals surface area contributed by atoms with Crippen molar-refractivity contribution in [3.05, 3.63) is 23.9 Å². The first-order valence-electron chi connectivity index (χ1n) is 6.90. The van der Waals surface area contributed by atoms with Gasteiger partial charge in [-0.2, -0.15) is 0 Å². The molecule has 0 spiro atoms. The van der Waals surface area contributed by atoms with Crippen LogP contribution in [0, 0.1) is 0 Å². The van der Waals surface area contributed by atoms with E-state index >= 15 is 0 Å². The molecule has 1 saturated heterocycles. The second kappa shape index (κ2) is 6.67. The standard InChI is InChI=1S/C14H21N3O3/c1-3-15-13-6-4-5-12(16-13)14(19)17-7-10(2)20-11(8-17)9-18/h4-6,10-11,18H,3,7-9H2,1-2H3,(H,15,16). The lowest BCUT2D eigenvalue weighted by Crippen LogP contribution is -2.50. The third kappa shape index (κ3) is 3.46. The Bertz CT molecular complexity index is 467. The van der Waals surface area contributed by atoms with Crippen LogP contribution in [-0.2, 0) is 4.74 Å². The van der Waals surface area contributed by atoms with Crippen molar-refractivity contribution >= 4 is 11.7 Å². The highest BCUT2D eigenvalue weighted by Gasteiger charge is 2.29. The van der Waals surface area contributed by atoms with Gasteiger partial charge in [-0.05, 0) is 26.0 Å². The Morgan fingerprint density at radius 3 is 3.05 bits per heavy atom. The number of aromatic nitrogens is 1. The van der Waals surface area contributed by atoms with Gasteiger partial charge in [0.2, 0.25) is 0 Å². The lowest BCUT2D eigenvalue weighted by Gasteiger charge is -2.35. The van der Waals surface area contributed by atoms with Gasteiger partial charge in [-0.25, -0.2) is 4.98 Å². The summed E-state index contributed by atoms with van der Waals surface area (Å²) in [6, 6.07) is 5.35. The van der Waals surface area contributed by atoms with Crippen molar-refractivity contribution in [2.45, 2.75) is 26.1 Å². The van der Waals surface area contributed by atoms with Crippen LogP contribution in [-0.4, -0.2) is 59.3 Å². The molecule has 2 heterocycles. The van der Waals surface area contributed by atoms with Gasteiger partial charge in [-0.15, -0.1) is 0 Å². The fraction of sp³-hybridized carbons (Fsp3) is 0.571. The van der Waals surface area contributed by atoms with Crippen LogP contribution in [0.15, 0.2) is 18.2 Å². The lowest BCUT2D eigenvalue weighted by atomic mass is 10.2. The normalized spacial score (nSPS) is 22.6. The molecule has 110 valence electrons. The van der Waals surface area contributed by atoms with Crippen molar-refractivity contribution in [2.75, 3.05) is 31.6 Å². The molecule has 1 amide bonds. The number of nitrogens with zero attached hydrogens (tertiary/aromatic N) is 2. The largest absolute Gasteiger partial charge is 0.394 e. The van der Waals surface area contributed by atoms with Crippen molar-refractivity contribution in [1.29, 1.82) is 0 Å². The highest BCUT2D eigenvalue weighted by molar-refractivity contribution is 5.92. The first-order chi connectivity index (χ1) is 9.63. The highest BCUT2D eigenvalue weighted by Crippen LogP contribution is 2.14. The zero-order valence-corrected chi connectivity index (χ0v) is 11.9. The minimum Gasteiger partial charge on any atom is -0.394 e. The van der Waals surface area contributed by atoms with Crippen molar-refractivity contribution in [2.24, 2.45) is 0 Å². The number of aliphatic hydroxyl groups excluding tert-OH is 1. The second-order valence-electron chi connectivity index (χ2n) is 4.90. The average molecular weight is 279 g/mol. The fourth-order valence-electron chi connectivity index (χ4n) is 2.31. The van der Waals surface area contributed by atoms with Gasteiger partial charge in [-0.3, -0.25) is 4.79 Å². The predicted molar refractivity (Wildman–Crippen MR) is 75.7 cm³/mol. The Morgan fingerprint density at radius 2 is 2.35 bits per heavy atom. The zero-order valence-electron chi connectivity index (χ0n) is 11.9. The summed E-state index contributed by atoms with van der Waals surface area (Å²) in [7, 11) is 0. The molecule has 2 rings (SSSR count). The molecule has 0 bridgehead atoms. The predicted octanol–water partition coefficient (Wildman–Crippen LogP) is 0.735. The molecule has 2 N–H and O–H groups in total. The smallest absolute Gasteiger partial charge is 0.272 e. The molecule has 1 aliphatic heterocycles. The summed E-state index contributed by atoms with van der Waals surface area (Å²) in [6.07, 6.45) is -0.401. The molecule has 6 heteroatoms. The average Bonchev–Trinajstić information content (AvgIpc) is 2.46. The lowest BCUT2D eigenvalue weighted by molar-refractivity contribution is -0.0859. The van der Waals surface area contributed by atoms with E-state index in [-0.39, 0.29) is 24.7 Å². The Hall–Kier alpha value is -1.66. The summed E-state index contributed by atoms with van der Waals surface area (Å²) < 4.78 is 5.54. The summed E-state index contributed by atoms with van der Waals surface area (Å²) in [6.45, 7) is 5.45. The third-order valence-corrected chi connectivity index (χ3v) is 3.14. The van der Waals surface area contributed by atoms with Crippen molar-refractivity contribution in [3.8, 4) is 0 Å². The Balaban J connectivity index is 2.11. The summed E-state index contributed by atoms with van der Waals surface area (Å²) in [5.41, 5.74) is 0.411. The van der Waals surface area contributed by atoms with E-state index in [0.29, 0.717) is 24.6 Å². The van der Waals surface area contributed by atoms with Gasteiger partial charge in [0.1, 0.15) is 11.5 Å². The fourth-order valence-corrected chi connectivity index (χ4v) is 2.31. The maximum atomic E-state index is 12.5. The van der Waals surface area contributed by atoms with Crippen LogP contribution in [0.5, 0.6) is 0 Å². The van der Waals surface area contributed by atoms with Crippen LogP contribution < -0.4 is 5.32 Å². The quantitative estimate of drug-likeness (QED) is 0.850. The maximum absolute atomic E-state index is 12.5. The van der Waals surface area contributed by atoms with E-state index in [4.69, 9.17) is 4.74 Å². The Kier molecular flexibility index (Phi) is 4.92. The number of rotatable bonds is 4. The molecule has 6 nitrogen and oxygen atoms in total. The number of pyridine rings is 1. The summed E-state index contributed by atoms with van der Waals surface area (Å²) >= 11 is 0. The second-order valence-corrected chi connectivity index (χ2v) is 4.90. The molecule has 0 radical (unpaired) electrons. The molecule has 1 aromatic heterocycles. The summed E-state index contributed by atoms with van der Waals surface area (Å²) in [5, 5.41) is 12.3. The van der Waals surface area contributed by atoms with Gasteiger partial charge in [0.15, 0.2) is 0 Å². The molecule has 0 aliphatic carbocycles. The van der Waals surface area contributed by atoms with E-state index in [9.17, 15) is 9.90 Å². The number of carbonyl (C=O) groups excluding carboxylic acids is 1. The van der Waals surface area contributed by atoms with Crippen LogP contribution in [0.4, 0.5) is 5.82 Å². The molecule has 20 heavy (non-hydrogen) atoms. The number of ether oxygens (including phenoxy) is 1. The monoisotopic (exact) mass is 279 g/mol. The summed E-state index contributed by atoms with van der Waals surface area (Å²) in [5.74, 6) is 0.566. The van der Waals surface area contributed by atoms with E-state index in [1.165, 1.54) is 0 Å². The molecular weight excluding hydrogens is 258 g/mol. The number of morpholine rings is 1. The van der Waals surface area contributed by atoms with Crippen molar-refractivity contribution in [3.63, 3.8) is 0 Å². The van der Waals surface area contributed by atoms with E-state index in [1.54, 1.807) is 11.0 Å².